The highest BCUT2D eigenvalue weighted by molar-refractivity contribution is 6.30. The summed E-state index contributed by atoms with van der Waals surface area (Å²) in [4.78, 5) is 12.2. The molecule has 0 aliphatic rings. The van der Waals surface area contributed by atoms with Crippen molar-refractivity contribution < 1.29 is 19.4 Å². The van der Waals surface area contributed by atoms with E-state index in [2.05, 4.69) is 10.5 Å². The van der Waals surface area contributed by atoms with Crippen LogP contribution < -0.4 is 5.43 Å². The first-order chi connectivity index (χ1) is 11.5. The van der Waals surface area contributed by atoms with Crippen molar-refractivity contribution in [2.24, 2.45) is 5.10 Å². The minimum Gasteiger partial charge on any atom is -0.507 e. The maximum Gasteiger partial charge on any atom is 0.307 e. The van der Waals surface area contributed by atoms with E-state index in [0.717, 1.165) is 0 Å². The zero-order chi connectivity index (χ0) is 17.3. The van der Waals surface area contributed by atoms with Crippen LogP contribution in [0, 0.1) is 6.92 Å². The topological polar surface area (TPSA) is 95.1 Å². The molecule has 7 heteroatoms. The number of hydrogen-bond acceptors (Lipinski definition) is 5. The molecule has 0 fully saturated rings. The lowest BCUT2D eigenvalue weighted by atomic mass is 10.1. The first-order valence-corrected chi connectivity index (χ1v) is 7.38. The Morgan fingerprint density at radius 1 is 1.25 bits per heavy atom. The van der Waals surface area contributed by atoms with Crippen molar-refractivity contribution in [1.29, 1.82) is 0 Å². The highest BCUT2D eigenvalue weighted by Gasteiger charge is 2.19. The number of nitrogens with one attached hydrogen (secondary N) is 1. The Kier molecular flexibility index (Phi) is 4.14. The number of carbonyl (C=O) groups excluding carboxylic acids is 1. The van der Waals surface area contributed by atoms with Gasteiger partial charge < -0.3 is 14.6 Å². The van der Waals surface area contributed by atoms with E-state index in [9.17, 15) is 15.0 Å². The van der Waals surface area contributed by atoms with E-state index in [-0.39, 0.29) is 17.3 Å². The average molecular weight is 345 g/mol. The normalized spacial score (nSPS) is 11.2. The van der Waals surface area contributed by atoms with Gasteiger partial charge in [0.2, 0.25) is 0 Å². The number of fused-ring (bicyclic) bond motifs is 1. The molecule has 0 unspecified atom stereocenters. The molecule has 3 N–H and O–H groups in total. The van der Waals surface area contributed by atoms with Gasteiger partial charge >= 0.3 is 5.91 Å². The maximum atomic E-state index is 12.2. The number of carbonyl (C=O) groups is 1. The quantitative estimate of drug-likeness (QED) is 0.500. The zero-order valence-corrected chi connectivity index (χ0v) is 13.3. The van der Waals surface area contributed by atoms with E-state index >= 15 is 0 Å². The minimum atomic E-state index is -0.569. The third kappa shape index (κ3) is 2.91. The highest BCUT2D eigenvalue weighted by atomic mass is 35.5. The second kappa shape index (κ2) is 6.25. The van der Waals surface area contributed by atoms with Crippen LogP contribution >= 0.6 is 11.6 Å². The molecule has 1 amide bonds. The van der Waals surface area contributed by atoms with Gasteiger partial charge in [0.15, 0.2) is 5.76 Å². The first-order valence-electron chi connectivity index (χ1n) is 7.00. The number of hydrazone groups is 1. The van der Waals surface area contributed by atoms with E-state index in [0.29, 0.717) is 27.1 Å². The number of phenolic OH excluding ortho intramolecular Hbond substituents is 2. The van der Waals surface area contributed by atoms with Gasteiger partial charge in [-0.25, -0.2) is 5.43 Å². The summed E-state index contributed by atoms with van der Waals surface area (Å²) < 4.78 is 5.47. The minimum absolute atomic E-state index is 0.0118. The van der Waals surface area contributed by atoms with Crippen LogP contribution in [0.15, 0.2) is 45.9 Å². The fourth-order valence-corrected chi connectivity index (χ4v) is 2.52. The number of aromatic hydroxyl groups is 2. The van der Waals surface area contributed by atoms with Crippen molar-refractivity contribution in [3.05, 3.63) is 58.3 Å². The predicted octanol–water partition coefficient (Wildman–Crippen LogP) is 3.57. The SMILES string of the molecule is Cc1c(C(=O)NN=Cc2cc(Cl)ccc2O)oc2cccc(O)c12. The summed E-state index contributed by atoms with van der Waals surface area (Å²) in [5.41, 5.74) is 3.61. The lowest BCUT2D eigenvalue weighted by molar-refractivity contribution is 0.0929. The van der Waals surface area contributed by atoms with E-state index < -0.39 is 5.91 Å². The van der Waals surface area contributed by atoms with Crippen LogP contribution in [0.4, 0.5) is 0 Å². The Hall–Kier alpha value is -2.99. The number of nitrogens with zero attached hydrogens (tertiary/aromatic N) is 1. The van der Waals surface area contributed by atoms with Crippen LogP contribution in [0.5, 0.6) is 11.5 Å². The molecule has 6 nitrogen and oxygen atoms in total. The Balaban J connectivity index is 1.83. The molecule has 0 spiro atoms. The van der Waals surface area contributed by atoms with Gasteiger partial charge in [-0.05, 0) is 37.3 Å². The molecule has 1 heterocycles. The van der Waals surface area contributed by atoms with Crippen molar-refractivity contribution >= 4 is 34.7 Å². The smallest absolute Gasteiger partial charge is 0.307 e. The molecule has 1 aromatic heterocycles. The highest BCUT2D eigenvalue weighted by Crippen LogP contribution is 2.32. The molecule has 0 atom stereocenters. The van der Waals surface area contributed by atoms with E-state index in [1.807, 2.05) is 0 Å². The monoisotopic (exact) mass is 344 g/mol. The molecule has 0 saturated heterocycles. The van der Waals surface area contributed by atoms with E-state index in [1.165, 1.54) is 30.5 Å². The van der Waals surface area contributed by atoms with Crippen LogP contribution in [0.25, 0.3) is 11.0 Å². The van der Waals surface area contributed by atoms with Crippen LogP contribution in [0.1, 0.15) is 21.7 Å². The maximum absolute atomic E-state index is 12.2. The Bertz CT molecular complexity index is 963. The number of rotatable bonds is 3. The Morgan fingerprint density at radius 3 is 2.79 bits per heavy atom. The van der Waals surface area contributed by atoms with Gasteiger partial charge in [0, 0.05) is 16.1 Å². The third-order valence-electron chi connectivity index (χ3n) is 3.50. The summed E-state index contributed by atoms with van der Waals surface area (Å²) in [6.07, 6.45) is 1.27. The number of phenols is 2. The van der Waals surface area contributed by atoms with Gasteiger partial charge in [0.25, 0.3) is 0 Å². The van der Waals surface area contributed by atoms with Crippen molar-refractivity contribution in [2.75, 3.05) is 0 Å². The Morgan fingerprint density at radius 2 is 2.04 bits per heavy atom. The van der Waals surface area contributed by atoms with Gasteiger partial charge in [-0.2, -0.15) is 5.10 Å². The number of furan rings is 1. The number of hydrogen-bond donors (Lipinski definition) is 3. The fraction of sp³-hybridized carbons (Fsp3) is 0.0588. The van der Waals surface area contributed by atoms with Crippen molar-refractivity contribution in [3.63, 3.8) is 0 Å². The van der Waals surface area contributed by atoms with Crippen LogP contribution in [0.2, 0.25) is 5.02 Å². The van der Waals surface area contributed by atoms with Gasteiger partial charge in [-0.3, -0.25) is 4.79 Å². The second-order valence-electron chi connectivity index (χ2n) is 5.11. The molecule has 122 valence electrons. The third-order valence-corrected chi connectivity index (χ3v) is 3.73. The number of benzene rings is 2. The molecular formula is C17H13ClN2O4. The number of halogens is 1. The summed E-state index contributed by atoms with van der Waals surface area (Å²) in [5.74, 6) is -0.484. The number of amides is 1. The molecule has 3 aromatic rings. The second-order valence-corrected chi connectivity index (χ2v) is 5.55. The first kappa shape index (κ1) is 15.9. The van der Waals surface area contributed by atoms with Gasteiger partial charge in [0.05, 0.1) is 11.6 Å². The predicted molar refractivity (Wildman–Crippen MR) is 90.8 cm³/mol. The Labute approximate surface area is 142 Å². The molecule has 0 saturated carbocycles. The molecule has 0 bridgehead atoms. The summed E-state index contributed by atoms with van der Waals surface area (Å²) in [5, 5.41) is 24.3. The van der Waals surface area contributed by atoms with Gasteiger partial charge in [-0.15, -0.1) is 0 Å². The van der Waals surface area contributed by atoms with Crippen molar-refractivity contribution in [3.8, 4) is 11.5 Å². The van der Waals surface area contributed by atoms with Gasteiger partial charge in [0.1, 0.15) is 17.1 Å². The van der Waals surface area contributed by atoms with Gasteiger partial charge in [-0.1, -0.05) is 17.7 Å². The summed E-state index contributed by atoms with van der Waals surface area (Å²) in [6.45, 7) is 1.67. The summed E-state index contributed by atoms with van der Waals surface area (Å²) in [6, 6.07) is 9.28. The molecule has 2 aromatic carbocycles. The average Bonchev–Trinajstić information content (AvgIpc) is 2.89. The summed E-state index contributed by atoms with van der Waals surface area (Å²) >= 11 is 5.84. The molecule has 0 aliphatic heterocycles. The van der Waals surface area contributed by atoms with E-state index in [4.69, 9.17) is 16.0 Å². The molecule has 0 radical (unpaired) electrons. The number of aryl methyl sites for hydroxylation is 1. The summed E-state index contributed by atoms with van der Waals surface area (Å²) in [7, 11) is 0. The van der Waals surface area contributed by atoms with Crippen LogP contribution in [-0.4, -0.2) is 22.3 Å². The zero-order valence-electron chi connectivity index (χ0n) is 12.6. The lowest BCUT2D eigenvalue weighted by Crippen LogP contribution is -2.17. The molecular weight excluding hydrogens is 332 g/mol. The molecule has 24 heavy (non-hydrogen) atoms. The largest absolute Gasteiger partial charge is 0.507 e. The van der Waals surface area contributed by atoms with Crippen molar-refractivity contribution in [2.45, 2.75) is 6.92 Å². The van der Waals surface area contributed by atoms with E-state index in [1.54, 1.807) is 19.1 Å². The van der Waals surface area contributed by atoms with Crippen molar-refractivity contribution in [1.82, 2.24) is 5.43 Å². The standard InChI is InChI=1S/C17H13ClN2O4/c1-9-15-13(22)3-2-4-14(15)24-16(9)17(23)20-19-8-10-7-11(18)5-6-12(10)21/h2-8,21-22H,1H3,(H,20,23). The lowest BCUT2D eigenvalue weighted by Gasteiger charge is -2.00. The fourth-order valence-electron chi connectivity index (χ4n) is 2.34. The van der Waals surface area contributed by atoms with Crippen LogP contribution in [-0.2, 0) is 0 Å². The molecule has 0 aliphatic carbocycles. The molecule has 3 rings (SSSR count). The van der Waals surface area contributed by atoms with Crippen LogP contribution in [0.3, 0.4) is 0 Å².